The quantitative estimate of drug-likeness (QED) is 0.880. The van der Waals surface area contributed by atoms with Gasteiger partial charge in [0.1, 0.15) is 12.1 Å². The molecule has 5 nitrogen and oxygen atoms in total. The zero-order chi connectivity index (χ0) is 15.1. The monoisotopic (exact) mass is 298 g/mol. The summed E-state index contributed by atoms with van der Waals surface area (Å²) in [4.78, 5) is 22.8. The van der Waals surface area contributed by atoms with Crippen LogP contribution in [-0.4, -0.2) is 26.9 Å². The van der Waals surface area contributed by atoms with E-state index in [0.717, 1.165) is 30.5 Å². The van der Waals surface area contributed by atoms with E-state index < -0.39 is 5.82 Å². The largest absolute Gasteiger partial charge is 0.322 e. The minimum Gasteiger partial charge on any atom is -0.314 e. The number of nitrogens with zero attached hydrogens (tertiary/aromatic N) is 3. The Bertz CT molecular complexity index is 736. The SMILES string of the molecule is O=C(Nc1ccccc1F)N1C2CCC1c1cncnc1C2. The molecule has 2 aliphatic rings. The van der Waals surface area contributed by atoms with E-state index in [-0.39, 0.29) is 23.8 Å². The van der Waals surface area contributed by atoms with Gasteiger partial charge in [0.05, 0.1) is 17.4 Å². The molecule has 1 aromatic heterocycles. The van der Waals surface area contributed by atoms with E-state index in [1.807, 2.05) is 4.90 Å². The molecule has 112 valence electrons. The molecule has 0 spiro atoms. The molecule has 1 fully saturated rings. The second-order valence-electron chi connectivity index (χ2n) is 5.69. The highest BCUT2D eigenvalue weighted by molar-refractivity contribution is 5.90. The van der Waals surface area contributed by atoms with Crippen molar-refractivity contribution < 1.29 is 9.18 Å². The number of anilines is 1. The number of para-hydroxylation sites is 1. The summed E-state index contributed by atoms with van der Waals surface area (Å²) in [5, 5.41) is 2.68. The summed E-state index contributed by atoms with van der Waals surface area (Å²) in [6, 6.07) is 6.06. The summed E-state index contributed by atoms with van der Waals surface area (Å²) in [6.07, 6.45) is 5.91. The first-order chi connectivity index (χ1) is 10.7. The number of fused-ring (bicyclic) bond motifs is 4. The van der Waals surface area contributed by atoms with Gasteiger partial charge in [0, 0.05) is 24.2 Å². The van der Waals surface area contributed by atoms with Crippen molar-refractivity contribution in [3.8, 4) is 0 Å². The first-order valence-electron chi connectivity index (χ1n) is 7.36. The van der Waals surface area contributed by atoms with E-state index in [0.29, 0.717) is 0 Å². The molecule has 1 aromatic carbocycles. The van der Waals surface area contributed by atoms with Crippen LogP contribution in [0.25, 0.3) is 0 Å². The number of nitrogens with one attached hydrogen (secondary N) is 1. The number of carbonyl (C=O) groups is 1. The topological polar surface area (TPSA) is 58.1 Å². The van der Waals surface area contributed by atoms with Crippen LogP contribution in [0.15, 0.2) is 36.8 Å². The fourth-order valence-electron chi connectivity index (χ4n) is 3.48. The van der Waals surface area contributed by atoms with Crippen molar-refractivity contribution in [3.05, 3.63) is 53.9 Å². The van der Waals surface area contributed by atoms with Gasteiger partial charge in [-0.1, -0.05) is 12.1 Å². The lowest BCUT2D eigenvalue weighted by molar-refractivity contribution is 0.178. The number of amides is 2. The lowest BCUT2D eigenvalue weighted by Crippen LogP contribution is -2.44. The first-order valence-corrected chi connectivity index (χ1v) is 7.36. The second-order valence-corrected chi connectivity index (χ2v) is 5.69. The van der Waals surface area contributed by atoms with Gasteiger partial charge in [-0.3, -0.25) is 0 Å². The average Bonchev–Trinajstić information content (AvgIpc) is 2.85. The highest BCUT2D eigenvalue weighted by Crippen LogP contribution is 2.42. The molecular weight excluding hydrogens is 283 g/mol. The Balaban J connectivity index is 1.61. The number of benzene rings is 1. The summed E-state index contributed by atoms with van der Waals surface area (Å²) < 4.78 is 13.7. The summed E-state index contributed by atoms with van der Waals surface area (Å²) in [6.45, 7) is 0. The molecule has 0 radical (unpaired) electrons. The van der Waals surface area contributed by atoms with Crippen molar-refractivity contribution in [1.29, 1.82) is 0 Å². The van der Waals surface area contributed by atoms with Gasteiger partial charge in [0.15, 0.2) is 0 Å². The van der Waals surface area contributed by atoms with E-state index in [1.54, 1.807) is 30.7 Å². The molecule has 1 N–H and O–H groups in total. The van der Waals surface area contributed by atoms with E-state index in [2.05, 4.69) is 15.3 Å². The normalized spacial score (nSPS) is 22.3. The highest BCUT2D eigenvalue weighted by atomic mass is 19.1. The molecule has 22 heavy (non-hydrogen) atoms. The van der Waals surface area contributed by atoms with E-state index in [9.17, 15) is 9.18 Å². The van der Waals surface area contributed by atoms with Crippen LogP contribution < -0.4 is 5.32 Å². The molecule has 3 heterocycles. The second kappa shape index (κ2) is 5.05. The van der Waals surface area contributed by atoms with Gasteiger partial charge in [-0.05, 0) is 25.0 Å². The zero-order valence-electron chi connectivity index (χ0n) is 11.9. The van der Waals surface area contributed by atoms with Crippen LogP contribution in [-0.2, 0) is 6.42 Å². The standard InChI is InChI=1S/C16H15FN4O/c17-12-3-1-2-4-13(12)20-16(22)21-10-5-6-15(21)11-8-18-9-19-14(11)7-10/h1-4,8-10,15H,5-7H2,(H,20,22). The van der Waals surface area contributed by atoms with E-state index >= 15 is 0 Å². The number of halogens is 1. The Morgan fingerprint density at radius 1 is 1.32 bits per heavy atom. The smallest absolute Gasteiger partial charge is 0.314 e. The number of hydrogen-bond acceptors (Lipinski definition) is 3. The van der Waals surface area contributed by atoms with Gasteiger partial charge in [-0.25, -0.2) is 19.2 Å². The minimum atomic E-state index is -0.427. The number of carbonyl (C=O) groups excluding carboxylic acids is 1. The summed E-state index contributed by atoms with van der Waals surface area (Å²) >= 11 is 0. The van der Waals surface area contributed by atoms with Crippen LogP contribution in [0.1, 0.15) is 30.1 Å². The molecule has 0 saturated carbocycles. The predicted molar refractivity (Wildman–Crippen MR) is 78.8 cm³/mol. The first kappa shape index (κ1) is 13.2. The fourth-order valence-corrected chi connectivity index (χ4v) is 3.48. The number of urea groups is 1. The van der Waals surface area contributed by atoms with Crippen LogP contribution in [0.3, 0.4) is 0 Å². The summed E-state index contributed by atoms with van der Waals surface area (Å²) in [5.41, 5.74) is 2.25. The molecule has 2 bridgehead atoms. The molecular formula is C16H15FN4O. The van der Waals surface area contributed by atoms with Crippen LogP contribution in [0.2, 0.25) is 0 Å². The van der Waals surface area contributed by atoms with Crippen LogP contribution in [0.4, 0.5) is 14.9 Å². The molecule has 2 unspecified atom stereocenters. The van der Waals surface area contributed by atoms with Gasteiger partial charge in [0.2, 0.25) is 0 Å². The Kier molecular flexibility index (Phi) is 3.03. The van der Waals surface area contributed by atoms with Crippen LogP contribution in [0, 0.1) is 5.82 Å². The molecule has 1 saturated heterocycles. The van der Waals surface area contributed by atoms with Crippen molar-refractivity contribution in [2.45, 2.75) is 31.3 Å². The van der Waals surface area contributed by atoms with E-state index in [4.69, 9.17) is 0 Å². The Labute approximate surface area is 127 Å². The summed E-state index contributed by atoms with van der Waals surface area (Å²) in [5.74, 6) is -0.427. The lowest BCUT2D eigenvalue weighted by Gasteiger charge is -2.35. The highest BCUT2D eigenvalue weighted by Gasteiger charge is 2.43. The third-order valence-electron chi connectivity index (χ3n) is 4.47. The van der Waals surface area contributed by atoms with Gasteiger partial charge in [-0.15, -0.1) is 0 Å². The van der Waals surface area contributed by atoms with E-state index in [1.165, 1.54) is 6.07 Å². The van der Waals surface area contributed by atoms with Gasteiger partial charge in [-0.2, -0.15) is 0 Å². The number of aromatic nitrogens is 2. The Morgan fingerprint density at radius 2 is 2.18 bits per heavy atom. The molecule has 2 aliphatic heterocycles. The number of rotatable bonds is 1. The third kappa shape index (κ3) is 2.03. The van der Waals surface area contributed by atoms with Gasteiger partial charge >= 0.3 is 6.03 Å². The Hall–Kier alpha value is -2.50. The maximum absolute atomic E-state index is 13.7. The van der Waals surface area contributed by atoms with Crippen molar-refractivity contribution in [1.82, 2.24) is 14.9 Å². The molecule has 6 heteroatoms. The Morgan fingerprint density at radius 3 is 3.05 bits per heavy atom. The van der Waals surface area contributed by atoms with Gasteiger partial charge in [0.25, 0.3) is 0 Å². The maximum atomic E-state index is 13.7. The lowest BCUT2D eigenvalue weighted by atomic mass is 10.00. The predicted octanol–water partition coefficient (Wildman–Crippen LogP) is 2.91. The molecule has 2 amide bonds. The fraction of sp³-hybridized carbons (Fsp3) is 0.312. The molecule has 0 aliphatic carbocycles. The number of hydrogen-bond donors (Lipinski definition) is 1. The van der Waals surface area contributed by atoms with Crippen LogP contribution in [0.5, 0.6) is 0 Å². The van der Waals surface area contributed by atoms with Crippen molar-refractivity contribution in [3.63, 3.8) is 0 Å². The van der Waals surface area contributed by atoms with Crippen molar-refractivity contribution in [2.24, 2.45) is 0 Å². The van der Waals surface area contributed by atoms with Crippen LogP contribution >= 0.6 is 0 Å². The summed E-state index contributed by atoms with van der Waals surface area (Å²) in [7, 11) is 0. The van der Waals surface area contributed by atoms with Crippen molar-refractivity contribution >= 4 is 11.7 Å². The molecule has 4 rings (SSSR count). The molecule has 2 aromatic rings. The zero-order valence-corrected chi connectivity index (χ0v) is 11.9. The minimum absolute atomic E-state index is 0.0123. The average molecular weight is 298 g/mol. The maximum Gasteiger partial charge on any atom is 0.322 e. The van der Waals surface area contributed by atoms with Crippen molar-refractivity contribution in [2.75, 3.05) is 5.32 Å². The van der Waals surface area contributed by atoms with Gasteiger partial charge < -0.3 is 10.2 Å². The molecule has 2 atom stereocenters. The third-order valence-corrected chi connectivity index (χ3v) is 4.47.